The van der Waals surface area contributed by atoms with Gasteiger partial charge < -0.3 is 5.11 Å². The van der Waals surface area contributed by atoms with Crippen LogP contribution in [0.15, 0.2) is 11.6 Å². The summed E-state index contributed by atoms with van der Waals surface area (Å²) in [6.07, 6.45) is 13.9. The first-order chi connectivity index (χ1) is 11.9. The fourth-order valence-corrected chi connectivity index (χ4v) is 8.19. The molecule has 0 spiro atoms. The van der Waals surface area contributed by atoms with Crippen LogP contribution in [0.2, 0.25) is 0 Å². The van der Waals surface area contributed by atoms with E-state index in [9.17, 15) is 5.11 Å². The van der Waals surface area contributed by atoms with Crippen molar-refractivity contribution >= 4 is 22.6 Å². The van der Waals surface area contributed by atoms with Gasteiger partial charge in [-0.15, -0.1) is 0 Å². The second-order valence-electron chi connectivity index (χ2n) is 10.2. The predicted molar refractivity (Wildman–Crippen MR) is 114 cm³/mol. The van der Waals surface area contributed by atoms with Gasteiger partial charge in [0.25, 0.3) is 0 Å². The quantitative estimate of drug-likeness (QED) is 0.297. The third-order valence-electron chi connectivity index (χ3n) is 9.26. The van der Waals surface area contributed by atoms with Crippen molar-refractivity contribution in [2.45, 2.75) is 84.2 Å². The van der Waals surface area contributed by atoms with Gasteiger partial charge >= 0.3 is 0 Å². The Kier molecular flexibility index (Phi) is 5.10. The molecule has 0 bridgehead atoms. The Labute approximate surface area is 168 Å². The molecule has 0 heterocycles. The molecular weight excluding hydrogens is 419 g/mol. The molecular formula is C23H37IO. The number of alkyl halides is 1. The fraction of sp³-hybridized carbons (Fsp3) is 0.913. The number of allylic oxidation sites excluding steroid dienone is 1. The second kappa shape index (κ2) is 6.79. The number of hydrogen-bond donors (Lipinski definition) is 1. The molecule has 1 N–H and O–H groups in total. The molecule has 0 unspecified atom stereocenters. The van der Waals surface area contributed by atoms with Crippen LogP contribution < -0.4 is 0 Å². The molecule has 4 rings (SSSR count). The van der Waals surface area contributed by atoms with E-state index in [0.717, 1.165) is 54.8 Å². The number of fused-ring (bicyclic) bond motifs is 5. The minimum absolute atomic E-state index is 0.391. The first-order valence-electron chi connectivity index (χ1n) is 10.9. The van der Waals surface area contributed by atoms with Gasteiger partial charge in [0.2, 0.25) is 0 Å². The molecule has 2 heteroatoms. The lowest BCUT2D eigenvalue weighted by Crippen LogP contribution is -2.50. The molecule has 0 radical (unpaired) electrons. The molecule has 4 aliphatic rings. The fourth-order valence-electron chi connectivity index (χ4n) is 7.53. The highest BCUT2D eigenvalue weighted by atomic mass is 127. The summed E-state index contributed by atoms with van der Waals surface area (Å²) in [5.74, 6) is 5.75. The molecule has 3 fully saturated rings. The summed E-state index contributed by atoms with van der Waals surface area (Å²) in [6.45, 7) is 7.22. The van der Waals surface area contributed by atoms with Crippen LogP contribution in [0, 0.1) is 40.9 Å². The monoisotopic (exact) mass is 456 g/mol. The Balaban J connectivity index is 1.57. The minimum Gasteiger partial charge on any atom is -0.390 e. The summed E-state index contributed by atoms with van der Waals surface area (Å²) in [6, 6.07) is 0. The predicted octanol–water partition coefficient (Wildman–Crippen LogP) is 6.39. The Hall–Kier alpha value is 0.430. The van der Waals surface area contributed by atoms with Crippen molar-refractivity contribution in [3.8, 4) is 0 Å². The third-order valence-corrected chi connectivity index (χ3v) is 10.7. The van der Waals surface area contributed by atoms with Gasteiger partial charge in [-0.3, -0.25) is 0 Å². The second-order valence-corrected chi connectivity index (χ2v) is 11.1. The molecule has 1 nitrogen and oxygen atoms in total. The topological polar surface area (TPSA) is 20.2 Å². The number of hydrogen-bond acceptors (Lipinski definition) is 1. The van der Waals surface area contributed by atoms with E-state index >= 15 is 0 Å². The molecule has 0 aliphatic heterocycles. The van der Waals surface area contributed by atoms with E-state index < -0.39 is 5.60 Å². The maximum atomic E-state index is 10.9. The van der Waals surface area contributed by atoms with E-state index in [4.69, 9.17) is 0 Å². The minimum atomic E-state index is -0.413. The van der Waals surface area contributed by atoms with Gasteiger partial charge in [0.05, 0.1) is 5.60 Å². The van der Waals surface area contributed by atoms with Gasteiger partial charge in [0.15, 0.2) is 0 Å². The highest BCUT2D eigenvalue weighted by Crippen LogP contribution is 2.63. The van der Waals surface area contributed by atoms with Gasteiger partial charge in [-0.05, 0) is 98.7 Å². The summed E-state index contributed by atoms with van der Waals surface area (Å²) < 4.78 is 1.33. The largest absolute Gasteiger partial charge is 0.390 e. The maximum absolute atomic E-state index is 10.9. The smallest absolute Gasteiger partial charge is 0.0682 e. The van der Waals surface area contributed by atoms with E-state index in [2.05, 4.69) is 49.4 Å². The summed E-state index contributed by atoms with van der Waals surface area (Å²) in [4.78, 5) is 0. The lowest BCUT2D eigenvalue weighted by Gasteiger charge is -2.57. The Bertz CT molecular complexity index is 542. The lowest BCUT2D eigenvalue weighted by molar-refractivity contribution is -0.0521. The summed E-state index contributed by atoms with van der Waals surface area (Å²) >= 11 is 2.60. The number of halogens is 1. The van der Waals surface area contributed by atoms with Crippen molar-refractivity contribution in [1.82, 2.24) is 0 Å². The Morgan fingerprint density at radius 1 is 1.16 bits per heavy atom. The summed E-state index contributed by atoms with van der Waals surface area (Å²) in [7, 11) is 0. The van der Waals surface area contributed by atoms with Crippen molar-refractivity contribution < 1.29 is 5.11 Å². The van der Waals surface area contributed by atoms with E-state index in [1.165, 1.54) is 43.0 Å². The molecule has 0 aromatic carbocycles. The van der Waals surface area contributed by atoms with Crippen LogP contribution in [-0.4, -0.2) is 15.1 Å². The van der Waals surface area contributed by atoms with Crippen LogP contribution in [0.4, 0.5) is 0 Å². The van der Waals surface area contributed by atoms with Crippen LogP contribution >= 0.6 is 22.6 Å². The van der Waals surface area contributed by atoms with Gasteiger partial charge in [-0.25, -0.2) is 0 Å². The van der Waals surface area contributed by atoms with Crippen LogP contribution in [0.5, 0.6) is 0 Å². The first kappa shape index (κ1) is 18.8. The molecule has 0 aromatic heterocycles. The van der Waals surface area contributed by atoms with Crippen molar-refractivity contribution in [1.29, 1.82) is 0 Å². The molecule has 25 heavy (non-hydrogen) atoms. The number of aliphatic hydroxyl groups is 1. The van der Waals surface area contributed by atoms with Gasteiger partial charge in [-0.1, -0.05) is 55.0 Å². The summed E-state index contributed by atoms with van der Waals surface area (Å²) in [5, 5.41) is 10.9. The molecule has 8 atom stereocenters. The van der Waals surface area contributed by atoms with Crippen molar-refractivity contribution in [3.63, 3.8) is 0 Å². The molecule has 0 amide bonds. The van der Waals surface area contributed by atoms with E-state index in [0.29, 0.717) is 5.41 Å². The highest BCUT2D eigenvalue weighted by Gasteiger charge is 2.55. The van der Waals surface area contributed by atoms with Crippen molar-refractivity contribution in [2.75, 3.05) is 4.43 Å². The maximum Gasteiger partial charge on any atom is 0.0682 e. The molecule has 3 saturated carbocycles. The van der Waals surface area contributed by atoms with Crippen molar-refractivity contribution in [3.05, 3.63) is 11.6 Å². The Morgan fingerprint density at radius 3 is 2.64 bits per heavy atom. The van der Waals surface area contributed by atoms with Crippen LogP contribution in [0.1, 0.15) is 78.6 Å². The molecule has 4 aliphatic carbocycles. The zero-order chi connectivity index (χ0) is 17.8. The van der Waals surface area contributed by atoms with E-state index in [1.807, 2.05) is 0 Å². The van der Waals surface area contributed by atoms with E-state index in [1.54, 1.807) is 5.57 Å². The zero-order valence-electron chi connectivity index (χ0n) is 16.4. The Morgan fingerprint density at radius 2 is 1.92 bits per heavy atom. The van der Waals surface area contributed by atoms with Crippen LogP contribution in [0.25, 0.3) is 0 Å². The van der Waals surface area contributed by atoms with Crippen molar-refractivity contribution in [2.24, 2.45) is 40.9 Å². The van der Waals surface area contributed by atoms with Gasteiger partial charge in [-0.2, -0.15) is 0 Å². The highest BCUT2D eigenvalue weighted by molar-refractivity contribution is 14.1. The summed E-state index contributed by atoms with van der Waals surface area (Å²) in [5.41, 5.74) is 1.60. The third kappa shape index (κ3) is 2.96. The average molecular weight is 456 g/mol. The SMILES string of the molecule is CC[C@]1(O)CC[C@@]2(C)C(=CC[C@H]3[C@@H]4CC[C@H]([C@H](C)CI)[C@H]4CC[C@@H]32)C1. The van der Waals surface area contributed by atoms with Crippen LogP contribution in [0.3, 0.4) is 0 Å². The zero-order valence-corrected chi connectivity index (χ0v) is 18.6. The van der Waals surface area contributed by atoms with E-state index in [-0.39, 0.29) is 0 Å². The normalized spacial score (nSPS) is 50.4. The first-order valence-corrected chi connectivity index (χ1v) is 12.4. The lowest BCUT2D eigenvalue weighted by atomic mass is 9.49. The molecule has 0 aromatic rings. The molecule has 0 saturated heterocycles. The standard InChI is InChI=1S/C23H37IO/c1-4-23(25)12-11-22(3)16(13-23)5-6-20-19-8-7-17(15(2)14-24)18(19)9-10-21(20)22/h5,15,17-21,25H,4,6-14H2,1-3H3/t15-,17-,18-,19-,20+,21+,22+,23+/m1/s1. The van der Waals surface area contributed by atoms with Gasteiger partial charge in [0, 0.05) is 4.43 Å². The van der Waals surface area contributed by atoms with Crippen LogP contribution in [-0.2, 0) is 0 Å². The average Bonchev–Trinajstić information content (AvgIpc) is 3.06. The molecule has 142 valence electrons. The van der Waals surface area contributed by atoms with Gasteiger partial charge in [0.1, 0.15) is 0 Å². The number of rotatable bonds is 3.